The number of aromatic hydroxyl groups is 1. The van der Waals surface area contributed by atoms with Crippen LogP contribution in [0, 0.1) is 12.7 Å². The van der Waals surface area contributed by atoms with Crippen LogP contribution in [-0.4, -0.2) is 5.11 Å². The zero-order valence-electron chi connectivity index (χ0n) is 10.6. The Bertz CT molecular complexity index is 635. The molecule has 0 unspecified atom stereocenters. The second kappa shape index (κ2) is 5.45. The fourth-order valence-corrected chi connectivity index (χ4v) is 2.32. The van der Waals surface area contributed by atoms with Gasteiger partial charge in [-0.05, 0) is 48.2 Å². The van der Waals surface area contributed by atoms with Gasteiger partial charge in [-0.25, -0.2) is 4.39 Å². The van der Waals surface area contributed by atoms with Crippen LogP contribution in [0.5, 0.6) is 5.75 Å². The summed E-state index contributed by atoms with van der Waals surface area (Å²) in [4.78, 5) is 0. The second-order valence-electron chi connectivity index (χ2n) is 4.38. The monoisotopic (exact) mass is 276 g/mol. The number of aryl methyl sites for hydroxylation is 1. The third kappa shape index (κ3) is 2.64. The van der Waals surface area contributed by atoms with E-state index in [1.54, 1.807) is 30.3 Å². The fourth-order valence-electron chi connectivity index (χ4n) is 2.09. The molecule has 0 spiro atoms. The molecule has 0 aliphatic rings. The summed E-state index contributed by atoms with van der Waals surface area (Å²) in [6, 6.07) is 8.08. The first-order valence-electron chi connectivity index (χ1n) is 5.92. The van der Waals surface area contributed by atoms with Gasteiger partial charge in [-0.15, -0.1) is 6.58 Å². The number of halogens is 2. The van der Waals surface area contributed by atoms with Crippen molar-refractivity contribution in [3.05, 3.63) is 65.0 Å². The molecule has 2 rings (SSSR count). The highest BCUT2D eigenvalue weighted by Gasteiger charge is 2.15. The first-order valence-corrected chi connectivity index (χ1v) is 6.30. The number of allylic oxidation sites excluding steroid dienone is 1. The lowest BCUT2D eigenvalue weighted by molar-refractivity contribution is 0.466. The van der Waals surface area contributed by atoms with Crippen molar-refractivity contribution in [2.24, 2.45) is 0 Å². The van der Waals surface area contributed by atoms with Gasteiger partial charge < -0.3 is 5.11 Å². The molecular weight excluding hydrogens is 263 g/mol. The van der Waals surface area contributed by atoms with Crippen LogP contribution < -0.4 is 0 Å². The lowest BCUT2D eigenvalue weighted by atomic mass is 9.96. The molecule has 0 atom stereocenters. The average Bonchev–Trinajstić information content (AvgIpc) is 2.35. The molecule has 0 heterocycles. The highest BCUT2D eigenvalue weighted by molar-refractivity contribution is 6.30. The zero-order valence-corrected chi connectivity index (χ0v) is 11.3. The van der Waals surface area contributed by atoms with Gasteiger partial charge in [-0.2, -0.15) is 0 Å². The van der Waals surface area contributed by atoms with Crippen molar-refractivity contribution < 1.29 is 9.50 Å². The first kappa shape index (κ1) is 13.6. The van der Waals surface area contributed by atoms with E-state index in [-0.39, 0.29) is 11.3 Å². The van der Waals surface area contributed by atoms with Gasteiger partial charge in [-0.3, -0.25) is 0 Å². The van der Waals surface area contributed by atoms with E-state index in [0.29, 0.717) is 22.6 Å². The molecule has 0 amide bonds. The molecule has 0 bridgehead atoms. The third-order valence-corrected chi connectivity index (χ3v) is 3.27. The van der Waals surface area contributed by atoms with E-state index in [4.69, 9.17) is 11.6 Å². The van der Waals surface area contributed by atoms with Gasteiger partial charge in [-0.1, -0.05) is 29.8 Å². The quantitative estimate of drug-likeness (QED) is 0.792. The number of benzene rings is 2. The standard InChI is InChI=1S/C16H14ClFO/c1-3-4-11-5-8-14(18)15(16(11)19)13-7-6-12(17)9-10(13)2/h3,5-9,19H,1,4H2,2H3. The van der Waals surface area contributed by atoms with Crippen LogP contribution in [0.2, 0.25) is 5.02 Å². The molecule has 19 heavy (non-hydrogen) atoms. The Morgan fingerprint density at radius 1 is 1.32 bits per heavy atom. The van der Waals surface area contributed by atoms with Gasteiger partial charge in [0, 0.05) is 5.02 Å². The Hall–Kier alpha value is -1.80. The van der Waals surface area contributed by atoms with Crippen LogP contribution >= 0.6 is 11.6 Å². The summed E-state index contributed by atoms with van der Waals surface area (Å²) in [6.45, 7) is 5.46. The Kier molecular flexibility index (Phi) is 3.91. The summed E-state index contributed by atoms with van der Waals surface area (Å²) in [5.74, 6) is -0.485. The summed E-state index contributed by atoms with van der Waals surface area (Å²) in [7, 11) is 0. The largest absolute Gasteiger partial charge is 0.507 e. The maximum Gasteiger partial charge on any atom is 0.134 e. The van der Waals surface area contributed by atoms with E-state index in [2.05, 4.69) is 6.58 Å². The van der Waals surface area contributed by atoms with E-state index < -0.39 is 5.82 Å². The Labute approximate surface area is 117 Å². The summed E-state index contributed by atoms with van der Waals surface area (Å²) < 4.78 is 14.0. The van der Waals surface area contributed by atoms with E-state index in [1.807, 2.05) is 6.92 Å². The van der Waals surface area contributed by atoms with Gasteiger partial charge in [0.2, 0.25) is 0 Å². The van der Waals surface area contributed by atoms with Crippen LogP contribution in [0.25, 0.3) is 11.1 Å². The number of hydrogen-bond acceptors (Lipinski definition) is 1. The number of phenols is 1. The van der Waals surface area contributed by atoms with Crippen molar-refractivity contribution in [1.82, 2.24) is 0 Å². The predicted molar refractivity (Wildman–Crippen MR) is 77.1 cm³/mol. The first-order chi connectivity index (χ1) is 9.04. The molecule has 1 nitrogen and oxygen atoms in total. The SMILES string of the molecule is C=CCc1ccc(F)c(-c2ccc(Cl)cc2C)c1O. The molecule has 0 aliphatic heterocycles. The number of hydrogen-bond donors (Lipinski definition) is 1. The molecule has 0 radical (unpaired) electrons. The van der Waals surface area contributed by atoms with Crippen molar-refractivity contribution in [1.29, 1.82) is 0 Å². The maximum atomic E-state index is 14.0. The molecular formula is C16H14ClFO. The Morgan fingerprint density at radius 3 is 2.68 bits per heavy atom. The summed E-state index contributed by atoms with van der Waals surface area (Å²) in [5, 5.41) is 10.8. The van der Waals surface area contributed by atoms with Crippen molar-refractivity contribution in [3.8, 4) is 16.9 Å². The fraction of sp³-hybridized carbons (Fsp3) is 0.125. The summed E-state index contributed by atoms with van der Waals surface area (Å²) in [5.41, 5.74) is 2.33. The van der Waals surface area contributed by atoms with E-state index >= 15 is 0 Å². The van der Waals surface area contributed by atoms with Gasteiger partial charge >= 0.3 is 0 Å². The molecule has 2 aromatic rings. The van der Waals surface area contributed by atoms with Crippen LogP contribution in [0.1, 0.15) is 11.1 Å². The van der Waals surface area contributed by atoms with Gasteiger partial charge in [0.05, 0.1) is 5.56 Å². The van der Waals surface area contributed by atoms with Crippen molar-refractivity contribution in [2.75, 3.05) is 0 Å². The van der Waals surface area contributed by atoms with E-state index in [0.717, 1.165) is 5.56 Å². The molecule has 0 fully saturated rings. The van der Waals surface area contributed by atoms with Gasteiger partial charge in [0.1, 0.15) is 11.6 Å². The highest BCUT2D eigenvalue weighted by atomic mass is 35.5. The molecule has 1 N–H and O–H groups in total. The molecule has 0 aromatic heterocycles. The highest BCUT2D eigenvalue weighted by Crippen LogP contribution is 2.37. The van der Waals surface area contributed by atoms with Crippen molar-refractivity contribution in [2.45, 2.75) is 13.3 Å². The van der Waals surface area contributed by atoms with Crippen LogP contribution in [0.15, 0.2) is 43.0 Å². The van der Waals surface area contributed by atoms with Crippen LogP contribution in [-0.2, 0) is 6.42 Å². The molecule has 2 aromatic carbocycles. The zero-order chi connectivity index (χ0) is 14.0. The second-order valence-corrected chi connectivity index (χ2v) is 4.82. The van der Waals surface area contributed by atoms with Crippen LogP contribution in [0.4, 0.5) is 4.39 Å². The van der Waals surface area contributed by atoms with E-state index in [1.165, 1.54) is 6.07 Å². The lowest BCUT2D eigenvalue weighted by Gasteiger charge is -2.12. The topological polar surface area (TPSA) is 20.2 Å². The van der Waals surface area contributed by atoms with Gasteiger partial charge in [0.15, 0.2) is 0 Å². The average molecular weight is 277 g/mol. The van der Waals surface area contributed by atoms with E-state index in [9.17, 15) is 9.50 Å². The minimum Gasteiger partial charge on any atom is -0.507 e. The molecule has 0 aliphatic carbocycles. The molecule has 3 heteroatoms. The smallest absolute Gasteiger partial charge is 0.134 e. The van der Waals surface area contributed by atoms with Crippen molar-refractivity contribution >= 4 is 11.6 Å². The lowest BCUT2D eigenvalue weighted by Crippen LogP contribution is -1.93. The molecule has 98 valence electrons. The van der Waals surface area contributed by atoms with Gasteiger partial charge in [0.25, 0.3) is 0 Å². The third-order valence-electron chi connectivity index (χ3n) is 3.03. The minimum atomic E-state index is -0.448. The Balaban J connectivity index is 2.67. The molecule has 0 saturated heterocycles. The molecule has 0 saturated carbocycles. The number of phenolic OH excluding ortho intramolecular Hbond substituents is 1. The number of rotatable bonds is 3. The maximum absolute atomic E-state index is 14.0. The Morgan fingerprint density at radius 2 is 2.05 bits per heavy atom. The predicted octanol–water partition coefficient (Wildman–Crippen LogP) is 4.89. The van der Waals surface area contributed by atoms with Crippen LogP contribution in [0.3, 0.4) is 0 Å². The summed E-state index contributed by atoms with van der Waals surface area (Å²) in [6.07, 6.45) is 2.16. The summed E-state index contributed by atoms with van der Waals surface area (Å²) >= 11 is 5.90. The minimum absolute atomic E-state index is 0.0367. The normalized spacial score (nSPS) is 10.5. The van der Waals surface area contributed by atoms with Crippen molar-refractivity contribution in [3.63, 3.8) is 0 Å².